The maximum absolute atomic E-state index is 14.2. The molecule has 43 heavy (non-hydrogen) atoms. The molecule has 212 valence electrons. The van der Waals surface area contributed by atoms with Crippen molar-refractivity contribution in [2.45, 2.75) is 24.9 Å². The van der Waals surface area contributed by atoms with Crippen LogP contribution in [0.15, 0.2) is 109 Å². The molecule has 1 saturated carbocycles. The quantitative estimate of drug-likeness (QED) is 0.204. The van der Waals surface area contributed by atoms with Gasteiger partial charge in [-0.2, -0.15) is 0 Å². The zero-order chi connectivity index (χ0) is 29.7. The number of nitrogens with one attached hydrogen (secondary N) is 1. The zero-order valence-corrected chi connectivity index (χ0v) is 23.0. The molecule has 0 spiro atoms. The lowest BCUT2D eigenvalue weighted by molar-refractivity contribution is 0.0696. The van der Waals surface area contributed by atoms with Crippen LogP contribution < -0.4 is 5.32 Å². The van der Waals surface area contributed by atoms with Gasteiger partial charge in [-0.05, 0) is 94.4 Å². The van der Waals surface area contributed by atoms with Crippen LogP contribution in [-0.2, 0) is 12.1 Å². The van der Waals surface area contributed by atoms with Crippen molar-refractivity contribution in [3.05, 3.63) is 143 Å². The first kappa shape index (κ1) is 26.6. The summed E-state index contributed by atoms with van der Waals surface area (Å²) in [6.45, 7) is 0.518. The maximum atomic E-state index is 14.2. The van der Waals surface area contributed by atoms with Gasteiger partial charge in [0.25, 0.3) is 5.91 Å². The van der Waals surface area contributed by atoms with E-state index >= 15 is 0 Å². The Balaban J connectivity index is 1.31. The van der Waals surface area contributed by atoms with Gasteiger partial charge >= 0.3 is 5.97 Å². The van der Waals surface area contributed by atoms with Gasteiger partial charge in [0.05, 0.1) is 22.2 Å². The number of carboxylic acid groups (broad SMARTS) is 1. The number of aromatic carboxylic acids is 1. The number of benzene rings is 5. The normalized spacial score (nSPS) is 13.7. The van der Waals surface area contributed by atoms with Crippen LogP contribution in [0.25, 0.3) is 32.8 Å². The Morgan fingerprint density at radius 2 is 1.47 bits per heavy atom. The Labute approximate surface area is 246 Å². The minimum Gasteiger partial charge on any atom is -0.478 e. The van der Waals surface area contributed by atoms with E-state index in [4.69, 9.17) is 0 Å². The van der Waals surface area contributed by atoms with Gasteiger partial charge in [-0.25, -0.2) is 13.6 Å². The van der Waals surface area contributed by atoms with Gasteiger partial charge in [0.15, 0.2) is 0 Å². The number of amides is 1. The molecule has 1 amide bonds. The summed E-state index contributed by atoms with van der Waals surface area (Å²) in [4.78, 5) is 25.4. The SMILES string of the molecule is O=C(O)c1ccc(C2(NC(=O)c3cc(-c4cc(F)cc(F)c4)cc4ccn(Cc5ccc6ccccc6c5)c34)CC2)cc1. The van der Waals surface area contributed by atoms with Crippen molar-refractivity contribution >= 4 is 33.6 Å². The first-order chi connectivity index (χ1) is 20.8. The Bertz CT molecular complexity index is 2040. The minimum absolute atomic E-state index is 0.175. The molecule has 0 unspecified atom stereocenters. The number of fused-ring (bicyclic) bond motifs is 2. The predicted molar refractivity (Wildman–Crippen MR) is 162 cm³/mol. The molecule has 5 aromatic carbocycles. The van der Waals surface area contributed by atoms with Crippen LogP contribution in [0.5, 0.6) is 0 Å². The molecule has 7 heteroatoms. The molecular weight excluding hydrogens is 546 g/mol. The van der Waals surface area contributed by atoms with Crippen molar-refractivity contribution in [3.63, 3.8) is 0 Å². The van der Waals surface area contributed by atoms with E-state index in [0.717, 1.165) is 33.4 Å². The number of aromatic nitrogens is 1. The topological polar surface area (TPSA) is 71.3 Å². The van der Waals surface area contributed by atoms with Crippen LogP contribution in [0.2, 0.25) is 0 Å². The Kier molecular flexibility index (Phi) is 6.31. The van der Waals surface area contributed by atoms with Crippen LogP contribution in [0.3, 0.4) is 0 Å². The van der Waals surface area contributed by atoms with Gasteiger partial charge in [0, 0.05) is 24.2 Å². The first-order valence-electron chi connectivity index (χ1n) is 14.0. The lowest BCUT2D eigenvalue weighted by Crippen LogP contribution is -2.35. The van der Waals surface area contributed by atoms with Crippen LogP contribution >= 0.6 is 0 Å². The molecule has 1 aromatic heterocycles. The van der Waals surface area contributed by atoms with E-state index in [9.17, 15) is 23.5 Å². The molecule has 0 saturated heterocycles. The highest BCUT2D eigenvalue weighted by Gasteiger charge is 2.46. The summed E-state index contributed by atoms with van der Waals surface area (Å²) < 4.78 is 30.4. The third-order valence-corrected chi connectivity index (χ3v) is 8.26. The molecule has 0 bridgehead atoms. The molecule has 5 nitrogen and oxygen atoms in total. The zero-order valence-electron chi connectivity index (χ0n) is 23.0. The molecule has 1 fully saturated rings. The largest absolute Gasteiger partial charge is 0.478 e. The minimum atomic E-state index is -1.01. The highest BCUT2D eigenvalue weighted by Crippen LogP contribution is 2.46. The Morgan fingerprint density at radius 3 is 2.16 bits per heavy atom. The van der Waals surface area contributed by atoms with E-state index in [1.165, 1.54) is 24.3 Å². The number of hydrogen-bond donors (Lipinski definition) is 2. The van der Waals surface area contributed by atoms with Crippen LogP contribution in [-0.4, -0.2) is 21.6 Å². The lowest BCUT2D eigenvalue weighted by atomic mass is 9.98. The summed E-state index contributed by atoms with van der Waals surface area (Å²) >= 11 is 0. The van der Waals surface area contributed by atoms with Crippen molar-refractivity contribution in [1.29, 1.82) is 0 Å². The molecule has 7 rings (SSSR count). The van der Waals surface area contributed by atoms with Crippen LogP contribution in [0.1, 0.15) is 44.7 Å². The fourth-order valence-corrected chi connectivity index (χ4v) is 5.90. The van der Waals surface area contributed by atoms with E-state index < -0.39 is 23.1 Å². The van der Waals surface area contributed by atoms with E-state index in [0.29, 0.717) is 41.6 Å². The molecule has 1 aliphatic rings. The van der Waals surface area contributed by atoms with Gasteiger partial charge in [-0.3, -0.25) is 4.79 Å². The number of carboxylic acids is 1. The second-order valence-corrected chi connectivity index (χ2v) is 11.2. The molecule has 1 heterocycles. The summed E-state index contributed by atoms with van der Waals surface area (Å²) in [7, 11) is 0. The molecule has 6 aromatic rings. The third kappa shape index (κ3) is 5.03. The van der Waals surface area contributed by atoms with Crippen molar-refractivity contribution in [2.24, 2.45) is 0 Å². The Morgan fingerprint density at radius 1 is 0.767 bits per heavy atom. The van der Waals surface area contributed by atoms with Gasteiger partial charge in [0.2, 0.25) is 0 Å². The molecular formula is C36H26F2N2O3. The van der Waals surface area contributed by atoms with Crippen LogP contribution in [0, 0.1) is 11.6 Å². The van der Waals surface area contributed by atoms with E-state index in [1.54, 1.807) is 18.2 Å². The van der Waals surface area contributed by atoms with Crippen LogP contribution in [0.4, 0.5) is 8.78 Å². The number of rotatable bonds is 7. The van der Waals surface area contributed by atoms with Gasteiger partial charge in [0.1, 0.15) is 11.6 Å². The highest BCUT2D eigenvalue weighted by atomic mass is 19.1. The number of carbonyl (C=O) groups excluding carboxylic acids is 1. The van der Waals surface area contributed by atoms with E-state index in [2.05, 4.69) is 35.6 Å². The fraction of sp³-hybridized carbons (Fsp3) is 0.111. The molecule has 0 atom stereocenters. The predicted octanol–water partition coefficient (Wildman–Crippen LogP) is 7.91. The second kappa shape index (κ2) is 10.2. The smallest absolute Gasteiger partial charge is 0.335 e. The lowest BCUT2D eigenvalue weighted by Gasteiger charge is -2.20. The van der Waals surface area contributed by atoms with Crippen molar-refractivity contribution in [2.75, 3.05) is 0 Å². The third-order valence-electron chi connectivity index (χ3n) is 8.26. The number of nitrogens with zero attached hydrogens (tertiary/aromatic N) is 1. The fourth-order valence-electron chi connectivity index (χ4n) is 5.90. The van der Waals surface area contributed by atoms with Gasteiger partial charge < -0.3 is 15.0 Å². The standard InChI is InChI=1S/C36H26F2N2O3/c37-30-17-28(18-31(38)20-30)27-16-26-11-14-40(21-22-5-6-23-3-1-2-4-25(23)15-22)33(26)32(19-27)34(41)39-36(12-13-36)29-9-7-24(8-10-29)35(42)43/h1-11,14-20H,12-13,21H2,(H,39,41)(H,42,43). The average molecular weight is 573 g/mol. The average Bonchev–Trinajstić information content (AvgIpc) is 3.67. The van der Waals surface area contributed by atoms with Gasteiger partial charge in [-0.1, -0.05) is 48.5 Å². The van der Waals surface area contributed by atoms with Crippen molar-refractivity contribution in [3.8, 4) is 11.1 Å². The molecule has 0 aliphatic heterocycles. The van der Waals surface area contributed by atoms with Crippen molar-refractivity contribution < 1.29 is 23.5 Å². The summed E-state index contributed by atoms with van der Waals surface area (Å²) in [6, 6.07) is 29.7. The first-order valence-corrected chi connectivity index (χ1v) is 14.0. The van der Waals surface area contributed by atoms with E-state index in [1.807, 2.05) is 35.0 Å². The Hall–Kier alpha value is -5.30. The summed E-state index contributed by atoms with van der Waals surface area (Å²) in [6.07, 6.45) is 3.34. The summed E-state index contributed by atoms with van der Waals surface area (Å²) in [5.74, 6) is -2.73. The van der Waals surface area contributed by atoms with E-state index in [-0.39, 0.29) is 11.5 Å². The summed E-state index contributed by atoms with van der Waals surface area (Å²) in [5.41, 5.74) is 3.41. The second-order valence-electron chi connectivity index (χ2n) is 11.2. The number of hydrogen-bond acceptors (Lipinski definition) is 2. The molecule has 2 N–H and O–H groups in total. The van der Waals surface area contributed by atoms with Gasteiger partial charge in [-0.15, -0.1) is 0 Å². The molecule has 0 radical (unpaired) electrons. The monoisotopic (exact) mass is 572 g/mol. The number of halogens is 2. The maximum Gasteiger partial charge on any atom is 0.335 e. The number of carbonyl (C=O) groups is 2. The summed E-state index contributed by atoms with van der Waals surface area (Å²) in [5, 5.41) is 15.5. The molecule has 1 aliphatic carbocycles. The van der Waals surface area contributed by atoms with Crippen molar-refractivity contribution in [1.82, 2.24) is 9.88 Å². The highest BCUT2D eigenvalue weighted by molar-refractivity contribution is 6.08.